The van der Waals surface area contributed by atoms with Crippen molar-refractivity contribution >= 4 is 33.6 Å². The zero-order chi connectivity index (χ0) is 23.1. The number of rotatable bonds is 5. The Labute approximate surface area is 192 Å². The Kier molecular flexibility index (Phi) is 6.02. The monoisotopic (exact) mass is 476 g/mol. The van der Waals surface area contributed by atoms with Gasteiger partial charge in [-0.1, -0.05) is 47.5 Å². The summed E-state index contributed by atoms with van der Waals surface area (Å²) in [5, 5.41) is 3.17. The van der Waals surface area contributed by atoms with Gasteiger partial charge >= 0.3 is 6.03 Å². The minimum absolute atomic E-state index is 0.108. The predicted octanol–water partition coefficient (Wildman–Crippen LogP) is 2.38. The van der Waals surface area contributed by atoms with E-state index in [9.17, 15) is 18.0 Å². The van der Waals surface area contributed by atoms with E-state index >= 15 is 0 Å². The van der Waals surface area contributed by atoms with Gasteiger partial charge in [0.2, 0.25) is 10.0 Å². The van der Waals surface area contributed by atoms with Crippen molar-refractivity contribution in [1.29, 1.82) is 0 Å². The fourth-order valence-corrected chi connectivity index (χ4v) is 5.72. The van der Waals surface area contributed by atoms with Crippen molar-refractivity contribution in [3.8, 4) is 0 Å². The van der Waals surface area contributed by atoms with Crippen molar-refractivity contribution in [1.82, 2.24) is 19.4 Å². The highest BCUT2D eigenvalue weighted by atomic mass is 35.5. The lowest BCUT2D eigenvalue weighted by Gasteiger charge is -2.35. The number of hydrogen-bond acceptors (Lipinski definition) is 5. The number of imide groups is 1. The minimum Gasteiger partial charge on any atom is -0.319 e. The van der Waals surface area contributed by atoms with E-state index < -0.39 is 21.6 Å². The Morgan fingerprint density at radius 1 is 1.03 bits per heavy atom. The summed E-state index contributed by atoms with van der Waals surface area (Å²) in [4.78, 5) is 29.0. The van der Waals surface area contributed by atoms with E-state index in [1.807, 2.05) is 36.1 Å². The van der Waals surface area contributed by atoms with Gasteiger partial charge in [0.25, 0.3) is 5.91 Å². The number of sulfonamides is 1. The molecule has 2 fully saturated rings. The lowest BCUT2D eigenvalue weighted by Crippen LogP contribution is -2.52. The third kappa shape index (κ3) is 4.13. The van der Waals surface area contributed by atoms with E-state index in [1.54, 1.807) is 19.1 Å². The van der Waals surface area contributed by atoms with Crippen LogP contribution in [-0.4, -0.2) is 67.3 Å². The molecule has 4 rings (SSSR count). The molecule has 1 atom stereocenters. The summed E-state index contributed by atoms with van der Waals surface area (Å²) >= 11 is 5.94. The van der Waals surface area contributed by atoms with Gasteiger partial charge in [0.05, 0.1) is 11.6 Å². The molecular weight excluding hydrogens is 452 g/mol. The van der Waals surface area contributed by atoms with Crippen LogP contribution in [0.5, 0.6) is 0 Å². The van der Waals surface area contributed by atoms with E-state index in [4.69, 9.17) is 11.6 Å². The largest absolute Gasteiger partial charge is 0.326 e. The highest BCUT2D eigenvalue weighted by Crippen LogP contribution is 2.29. The van der Waals surface area contributed by atoms with Crippen LogP contribution in [0.2, 0.25) is 5.02 Å². The van der Waals surface area contributed by atoms with E-state index in [0.717, 1.165) is 11.1 Å². The summed E-state index contributed by atoms with van der Waals surface area (Å²) < 4.78 is 27.2. The van der Waals surface area contributed by atoms with Crippen LogP contribution in [-0.2, 0) is 20.4 Å². The van der Waals surface area contributed by atoms with Crippen LogP contribution in [0.4, 0.5) is 4.79 Å². The molecule has 8 nitrogen and oxygen atoms in total. The topological polar surface area (TPSA) is 90.0 Å². The Morgan fingerprint density at radius 3 is 2.31 bits per heavy atom. The molecule has 0 aromatic heterocycles. The first-order valence-corrected chi connectivity index (χ1v) is 12.1. The average Bonchev–Trinajstić information content (AvgIpc) is 2.98. The Hall–Kier alpha value is -2.46. The second kappa shape index (κ2) is 8.47. The number of hydrogen-bond donors (Lipinski definition) is 1. The SMILES string of the molecule is Cc1ccc([C@]2(C)NC(=O)N(CN3CCN(S(=O)(=O)c4cccc(Cl)c4)CC3)C2=O)cc1. The molecule has 3 amide bonds. The lowest BCUT2D eigenvalue weighted by atomic mass is 9.91. The molecule has 2 heterocycles. The molecule has 0 aliphatic carbocycles. The minimum atomic E-state index is -3.65. The third-order valence-electron chi connectivity index (χ3n) is 6.01. The van der Waals surface area contributed by atoms with Gasteiger partial charge in [0.1, 0.15) is 5.54 Å². The molecule has 10 heteroatoms. The van der Waals surface area contributed by atoms with Crippen LogP contribution in [0.25, 0.3) is 0 Å². The number of aryl methyl sites for hydroxylation is 1. The van der Waals surface area contributed by atoms with Gasteiger partial charge in [-0.05, 0) is 37.6 Å². The van der Waals surface area contributed by atoms with Crippen LogP contribution in [0.3, 0.4) is 0 Å². The summed E-state index contributed by atoms with van der Waals surface area (Å²) in [7, 11) is -3.65. The first-order chi connectivity index (χ1) is 15.1. The van der Waals surface area contributed by atoms with Crippen LogP contribution < -0.4 is 5.32 Å². The number of nitrogens with zero attached hydrogens (tertiary/aromatic N) is 3. The van der Waals surface area contributed by atoms with Gasteiger partial charge in [-0.2, -0.15) is 4.31 Å². The van der Waals surface area contributed by atoms with E-state index in [2.05, 4.69) is 5.32 Å². The van der Waals surface area contributed by atoms with Crippen molar-refractivity contribution < 1.29 is 18.0 Å². The number of nitrogens with one attached hydrogen (secondary N) is 1. The van der Waals surface area contributed by atoms with Crippen LogP contribution in [0.15, 0.2) is 53.4 Å². The summed E-state index contributed by atoms with van der Waals surface area (Å²) in [5.41, 5.74) is 0.667. The molecular formula is C22H25ClN4O4S. The maximum atomic E-state index is 13.1. The zero-order valence-electron chi connectivity index (χ0n) is 17.9. The highest BCUT2D eigenvalue weighted by molar-refractivity contribution is 7.89. The molecule has 32 heavy (non-hydrogen) atoms. The summed E-state index contributed by atoms with van der Waals surface area (Å²) in [5.74, 6) is -0.319. The van der Waals surface area contributed by atoms with E-state index in [-0.39, 0.29) is 30.6 Å². The molecule has 2 saturated heterocycles. The number of carbonyl (C=O) groups excluding carboxylic acids is 2. The van der Waals surface area contributed by atoms with Gasteiger partial charge < -0.3 is 5.32 Å². The normalized spacial score (nSPS) is 22.9. The molecule has 0 saturated carbocycles. The molecule has 170 valence electrons. The Balaban J connectivity index is 1.41. The molecule has 2 aliphatic rings. The fourth-order valence-electron chi connectivity index (χ4n) is 4.00. The maximum Gasteiger partial charge on any atom is 0.326 e. The molecule has 2 aliphatic heterocycles. The fraction of sp³-hybridized carbons (Fsp3) is 0.364. The molecule has 1 N–H and O–H groups in total. The first-order valence-electron chi connectivity index (χ1n) is 10.3. The van der Waals surface area contributed by atoms with Crippen molar-refractivity contribution in [2.24, 2.45) is 0 Å². The number of carbonyl (C=O) groups is 2. The maximum absolute atomic E-state index is 13.1. The van der Waals surface area contributed by atoms with Crippen LogP contribution in [0, 0.1) is 6.92 Å². The molecule has 0 radical (unpaired) electrons. The third-order valence-corrected chi connectivity index (χ3v) is 8.14. The summed E-state index contributed by atoms with van der Waals surface area (Å²) in [6.45, 7) is 5.09. The molecule has 0 unspecified atom stereocenters. The number of halogens is 1. The summed E-state index contributed by atoms with van der Waals surface area (Å²) in [6.07, 6.45) is 0. The first kappa shape index (κ1) is 22.7. The average molecular weight is 477 g/mol. The standard InChI is InChI=1S/C22H25ClN4O4S/c1-16-6-8-17(9-7-16)22(2)20(28)27(21(29)24-22)15-25-10-12-26(13-11-25)32(30,31)19-5-3-4-18(23)14-19/h3-9,14H,10-13,15H2,1-2H3,(H,24,29)/t22-/m0/s1. The van der Waals surface area contributed by atoms with Crippen molar-refractivity contribution in [3.63, 3.8) is 0 Å². The Morgan fingerprint density at radius 2 is 1.69 bits per heavy atom. The van der Waals surface area contributed by atoms with Gasteiger partial charge in [-0.3, -0.25) is 9.69 Å². The van der Waals surface area contributed by atoms with E-state index in [0.29, 0.717) is 18.1 Å². The molecule has 0 spiro atoms. The van der Waals surface area contributed by atoms with Gasteiger partial charge in [0.15, 0.2) is 0 Å². The van der Waals surface area contributed by atoms with Gasteiger partial charge in [-0.25, -0.2) is 18.1 Å². The smallest absolute Gasteiger partial charge is 0.319 e. The number of amides is 3. The zero-order valence-corrected chi connectivity index (χ0v) is 19.5. The molecule has 2 aromatic rings. The number of benzene rings is 2. The van der Waals surface area contributed by atoms with Crippen molar-refractivity contribution in [2.75, 3.05) is 32.8 Å². The predicted molar refractivity (Wildman–Crippen MR) is 121 cm³/mol. The lowest BCUT2D eigenvalue weighted by molar-refractivity contribution is -0.132. The van der Waals surface area contributed by atoms with Crippen molar-refractivity contribution in [2.45, 2.75) is 24.3 Å². The van der Waals surface area contributed by atoms with Crippen LogP contribution in [0.1, 0.15) is 18.1 Å². The summed E-state index contributed by atoms with van der Waals surface area (Å²) in [6, 6.07) is 13.2. The number of piperazine rings is 1. The second-order valence-electron chi connectivity index (χ2n) is 8.28. The molecule has 2 aromatic carbocycles. The Bertz CT molecular complexity index is 1150. The molecule has 0 bridgehead atoms. The van der Waals surface area contributed by atoms with Gasteiger partial charge in [-0.15, -0.1) is 0 Å². The second-order valence-corrected chi connectivity index (χ2v) is 10.6. The van der Waals surface area contributed by atoms with E-state index in [1.165, 1.54) is 21.3 Å². The quantitative estimate of drug-likeness (QED) is 0.669. The number of urea groups is 1. The highest BCUT2D eigenvalue weighted by Gasteiger charge is 2.49. The van der Waals surface area contributed by atoms with Gasteiger partial charge in [0, 0.05) is 31.2 Å². The van der Waals surface area contributed by atoms with Crippen LogP contribution >= 0.6 is 11.6 Å². The van der Waals surface area contributed by atoms with Crippen molar-refractivity contribution in [3.05, 3.63) is 64.7 Å².